The maximum Gasteiger partial charge on any atom is 0.232 e. The van der Waals surface area contributed by atoms with Gasteiger partial charge < -0.3 is 15.1 Å². The van der Waals surface area contributed by atoms with E-state index in [1.807, 2.05) is 11.0 Å². The molecule has 2 atom stereocenters. The number of carbonyl (C=O) groups is 1. The highest BCUT2D eigenvalue weighted by Gasteiger charge is 2.32. The first-order valence-electron chi connectivity index (χ1n) is 10.7. The Kier molecular flexibility index (Phi) is 6.15. The van der Waals surface area contributed by atoms with Gasteiger partial charge in [0, 0.05) is 54.9 Å². The first-order valence-corrected chi connectivity index (χ1v) is 11.6. The van der Waals surface area contributed by atoms with Crippen molar-refractivity contribution < 1.29 is 4.79 Å². The molecular weight excluding hydrogens is 382 g/mol. The fourth-order valence-corrected chi connectivity index (χ4v) is 5.21. The second-order valence-corrected chi connectivity index (χ2v) is 9.42. The third-order valence-electron chi connectivity index (χ3n) is 6.06. The Morgan fingerprint density at radius 2 is 2.07 bits per heavy atom. The molecule has 0 radical (unpaired) electrons. The number of piperazine rings is 1. The summed E-state index contributed by atoms with van der Waals surface area (Å²) in [6.07, 6.45) is 3.91. The van der Waals surface area contributed by atoms with Crippen LogP contribution in [-0.4, -0.2) is 59.5 Å². The lowest BCUT2D eigenvalue weighted by Crippen LogP contribution is -2.51. The van der Waals surface area contributed by atoms with Crippen LogP contribution >= 0.6 is 11.3 Å². The largest absolute Gasteiger partial charge is 0.353 e. The minimum atomic E-state index is -0.104. The molecule has 1 saturated heterocycles. The zero-order valence-corrected chi connectivity index (χ0v) is 18.4. The van der Waals surface area contributed by atoms with Gasteiger partial charge in [0.25, 0.3) is 0 Å². The number of hydrogen-bond donors (Lipinski definition) is 1. The third-order valence-corrected chi connectivity index (χ3v) is 7.04. The Labute approximate surface area is 177 Å². The molecule has 156 valence electrons. The van der Waals surface area contributed by atoms with E-state index >= 15 is 0 Å². The molecule has 4 rings (SSSR count). The van der Waals surface area contributed by atoms with Crippen molar-refractivity contribution >= 4 is 23.1 Å². The van der Waals surface area contributed by atoms with Gasteiger partial charge in [-0.05, 0) is 30.2 Å². The Balaban J connectivity index is 1.44. The van der Waals surface area contributed by atoms with Crippen LogP contribution in [0.1, 0.15) is 55.2 Å². The zero-order valence-electron chi connectivity index (χ0n) is 17.6. The number of hydrogen-bond acceptors (Lipinski definition) is 6. The highest BCUT2D eigenvalue weighted by molar-refractivity contribution is 7.10. The van der Waals surface area contributed by atoms with E-state index in [0.717, 1.165) is 49.7 Å². The van der Waals surface area contributed by atoms with E-state index in [9.17, 15) is 4.79 Å². The summed E-state index contributed by atoms with van der Waals surface area (Å²) in [4.78, 5) is 28.0. The van der Waals surface area contributed by atoms with E-state index in [1.165, 1.54) is 11.3 Å². The van der Waals surface area contributed by atoms with Gasteiger partial charge in [0.15, 0.2) is 0 Å². The fourth-order valence-electron chi connectivity index (χ4n) is 4.39. The molecule has 1 N–H and O–H groups in total. The summed E-state index contributed by atoms with van der Waals surface area (Å²) in [7, 11) is 0. The van der Waals surface area contributed by atoms with E-state index in [-0.39, 0.29) is 11.8 Å². The molecule has 6 nitrogen and oxygen atoms in total. The van der Waals surface area contributed by atoms with Crippen LogP contribution in [0.4, 0.5) is 5.82 Å². The molecule has 7 heteroatoms. The van der Waals surface area contributed by atoms with Crippen molar-refractivity contribution in [1.82, 2.24) is 20.2 Å². The maximum absolute atomic E-state index is 13.3. The highest BCUT2D eigenvalue weighted by atomic mass is 32.1. The second kappa shape index (κ2) is 8.79. The van der Waals surface area contributed by atoms with Gasteiger partial charge in [-0.1, -0.05) is 26.8 Å². The van der Waals surface area contributed by atoms with Gasteiger partial charge in [0.05, 0.1) is 5.92 Å². The summed E-state index contributed by atoms with van der Waals surface area (Å²) in [6.45, 7) is 10.4. The minimum Gasteiger partial charge on any atom is -0.353 e. The highest BCUT2D eigenvalue weighted by Crippen LogP contribution is 2.37. The molecule has 2 aromatic heterocycles. The minimum absolute atomic E-state index is 0.104. The van der Waals surface area contributed by atoms with Crippen LogP contribution in [0.3, 0.4) is 0 Å². The number of anilines is 1. The van der Waals surface area contributed by atoms with Crippen LogP contribution in [0, 0.1) is 0 Å². The van der Waals surface area contributed by atoms with Crippen molar-refractivity contribution in [2.45, 2.75) is 51.5 Å². The fraction of sp³-hybridized carbons (Fsp3) is 0.591. The van der Waals surface area contributed by atoms with E-state index < -0.39 is 0 Å². The summed E-state index contributed by atoms with van der Waals surface area (Å²) in [5.74, 6) is 1.74. The van der Waals surface area contributed by atoms with E-state index in [2.05, 4.69) is 52.4 Å². The number of aryl methyl sites for hydroxylation is 1. The van der Waals surface area contributed by atoms with Crippen molar-refractivity contribution in [2.75, 3.05) is 37.6 Å². The van der Waals surface area contributed by atoms with Crippen molar-refractivity contribution in [2.24, 2.45) is 0 Å². The summed E-state index contributed by atoms with van der Waals surface area (Å²) in [5, 5.41) is 5.51. The van der Waals surface area contributed by atoms with Crippen LogP contribution in [-0.2, 0) is 11.2 Å². The summed E-state index contributed by atoms with van der Waals surface area (Å²) in [5.41, 5.74) is 2.53. The lowest BCUT2D eigenvalue weighted by atomic mass is 10.0. The van der Waals surface area contributed by atoms with Crippen LogP contribution in [0.2, 0.25) is 0 Å². The maximum atomic E-state index is 13.3. The van der Waals surface area contributed by atoms with Gasteiger partial charge in [0.2, 0.25) is 5.91 Å². The Bertz CT molecular complexity index is 830. The van der Waals surface area contributed by atoms with Gasteiger partial charge in [0.1, 0.15) is 12.1 Å². The molecule has 1 aliphatic carbocycles. The number of amides is 1. The Morgan fingerprint density at radius 3 is 2.76 bits per heavy atom. The topological polar surface area (TPSA) is 61.4 Å². The van der Waals surface area contributed by atoms with Crippen molar-refractivity contribution in [3.63, 3.8) is 0 Å². The molecule has 1 aliphatic heterocycles. The van der Waals surface area contributed by atoms with E-state index in [0.29, 0.717) is 18.5 Å². The quantitative estimate of drug-likeness (QED) is 0.789. The predicted octanol–water partition coefficient (Wildman–Crippen LogP) is 3.02. The van der Waals surface area contributed by atoms with Gasteiger partial charge in [-0.3, -0.25) is 4.79 Å². The Hall–Kier alpha value is -1.99. The molecular formula is C22H31N5OS. The van der Waals surface area contributed by atoms with Gasteiger partial charge in [-0.15, -0.1) is 11.3 Å². The van der Waals surface area contributed by atoms with E-state index in [1.54, 1.807) is 17.7 Å². The van der Waals surface area contributed by atoms with E-state index in [4.69, 9.17) is 0 Å². The second-order valence-electron chi connectivity index (χ2n) is 8.44. The Morgan fingerprint density at radius 1 is 1.28 bits per heavy atom. The van der Waals surface area contributed by atoms with Crippen LogP contribution in [0.15, 0.2) is 23.8 Å². The normalized spacial score (nSPS) is 20.2. The summed E-state index contributed by atoms with van der Waals surface area (Å²) in [6, 6.07) is 4.48. The molecule has 0 unspecified atom stereocenters. The first kappa shape index (κ1) is 20.3. The first-order chi connectivity index (χ1) is 14.0. The number of thiophene rings is 1. The van der Waals surface area contributed by atoms with Crippen molar-refractivity contribution in [3.05, 3.63) is 40.0 Å². The molecule has 0 saturated carbocycles. The van der Waals surface area contributed by atoms with Gasteiger partial charge >= 0.3 is 0 Å². The predicted molar refractivity (Wildman–Crippen MR) is 118 cm³/mol. The zero-order chi connectivity index (χ0) is 20.4. The molecule has 0 aromatic carbocycles. The molecule has 3 heterocycles. The smallest absolute Gasteiger partial charge is 0.232 e. The number of rotatable bonds is 6. The molecule has 2 aromatic rings. The van der Waals surface area contributed by atoms with Crippen molar-refractivity contribution in [1.29, 1.82) is 0 Å². The molecule has 2 aliphatic rings. The summed E-state index contributed by atoms with van der Waals surface area (Å²) < 4.78 is 0. The molecule has 29 heavy (non-hydrogen) atoms. The molecule has 0 spiro atoms. The standard InChI is InChI=1S/C22H31N5OS/c1-15(2)23-13-17(19-5-4-12-29-19)22(28)27-10-8-26(9-11-27)21-20-16(3)6-7-18(20)24-14-25-21/h4-5,12,14-17,23H,6-11,13H2,1-3H3/t16-,17-/m1/s1. The molecule has 0 bridgehead atoms. The monoisotopic (exact) mass is 413 g/mol. The number of aromatic nitrogens is 2. The summed E-state index contributed by atoms with van der Waals surface area (Å²) >= 11 is 1.67. The van der Waals surface area contributed by atoms with Crippen LogP contribution in [0.25, 0.3) is 0 Å². The number of carbonyl (C=O) groups excluding carboxylic acids is 1. The third kappa shape index (κ3) is 4.31. The van der Waals surface area contributed by atoms with Gasteiger partial charge in [-0.2, -0.15) is 0 Å². The molecule has 1 amide bonds. The number of fused-ring (bicyclic) bond motifs is 1. The average Bonchev–Trinajstić information content (AvgIpc) is 3.38. The number of nitrogens with zero attached hydrogens (tertiary/aromatic N) is 4. The number of nitrogens with one attached hydrogen (secondary N) is 1. The van der Waals surface area contributed by atoms with Crippen molar-refractivity contribution in [3.8, 4) is 0 Å². The lowest BCUT2D eigenvalue weighted by Gasteiger charge is -2.38. The SMILES string of the molecule is CC(C)NC[C@@H](C(=O)N1CCN(c2ncnc3c2[C@H](C)CC3)CC1)c1cccs1. The van der Waals surface area contributed by atoms with Crippen LogP contribution in [0.5, 0.6) is 0 Å². The average molecular weight is 414 g/mol. The van der Waals surface area contributed by atoms with Gasteiger partial charge in [-0.25, -0.2) is 9.97 Å². The lowest BCUT2D eigenvalue weighted by molar-refractivity contribution is -0.133. The molecule has 1 fully saturated rings. The van der Waals surface area contributed by atoms with Crippen LogP contribution < -0.4 is 10.2 Å².